The summed E-state index contributed by atoms with van der Waals surface area (Å²) in [6.07, 6.45) is 0. The van der Waals surface area contributed by atoms with Crippen LogP contribution in [-0.4, -0.2) is 0 Å². The van der Waals surface area contributed by atoms with E-state index in [-0.39, 0.29) is 4.70 Å². The second-order valence-electron chi connectivity index (χ2n) is 2.08. The van der Waals surface area contributed by atoms with Crippen molar-refractivity contribution in [2.45, 2.75) is 27.7 Å². The smallest absolute Gasteiger partial charge is 0.0395 e. The van der Waals surface area contributed by atoms with Crippen molar-refractivity contribution in [3.63, 3.8) is 0 Å². The SMILES string of the molecule is CC.Cc1ccccc1C.F. The zero-order valence-electron chi connectivity index (χ0n) is 7.72. The van der Waals surface area contributed by atoms with E-state index in [0.29, 0.717) is 0 Å². The summed E-state index contributed by atoms with van der Waals surface area (Å²) in [5.74, 6) is 0. The summed E-state index contributed by atoms with van der Waals surface area (Å²) >= 11 is 0. The first-order valence-electron chi connectivity index (χ1n) is 3.83. The molecule has 0 saturated carbocycles. The molecule has 1 rings (SSSR count). The molecule has 1 aromatic carbocycles. The Bertz CT molecular complexity index is 161. The van der Waals surface area contributed by atoms with Crippen molar-refractivity contribution in [2.75, 3.05) is 0 Å². The van der Waals surface area contributed by atoms with Crippen LogP contribution in [0.15, 0.2) is 24.3 Å². The molecule has 0 radical (unpaired) electrons. The van der Waals surface area contributed by atoms with Crippen LogP contribution in [0.2, 0.25) is 0 Å². The number of aryl methyl sites for hydroxylation is 2. The van der Waals surface area contributed by atoms with E-state index >= 15 is 0 Å². The van der Waals surface area contributed by atoms with Gasteiger partial charge in [-0.25, -0.2) is 0 Å². The van der Waals surface area contributed by atoms with Crippen molar-refractivity contribution in [3.05, 3.63) is 35.4 Å². The summed E-state index contributed by atoms with van der Waals surface area (Å²) in [4.78, 5) is 0. The van der Waals surface area contributed by atoms with Crippen LogP contribution in [0.3, 0.4) is 0 Å². The van der Waals surface area contributed by atoms with Crippen LogP contribution in [0.25, 0.3) is 0 Å². The number of halogens is 1. The number of rotatable bonds is 0. The van der Waals surface area contributed by atoms with Gasteiger partial charge in [0.2, 0.25) is 0 Å². The van der Waals surface area contributed by atoms with Crippen LogP contribution in [0.4, 0.5) is 4.70 Å². The maximum absolute atomic E-state index is 2.12. The number of benzene rings is 1. The second kappa shape index (κ2) is 7.26. The zero-order valence-corrected chi connectivity index (χ0v) is 7.72. The maximum atomic E-state index is 2.12. The summed E-state index contributed by atoms with van der Waals surface area (Å²) in [5.41, 5.74) is 2.74. The minimum absolute atomic E-state index is 0. The van der Waals surface area contributed by atoms with Gasteiger partial charge in [-0.3, -0.25) is 4.70 Å². The van der Waals surface area contributed by atoms with Crippen LogP contribution in [-0.2, 0) is 0 Å². The Morgan fingerprint density at radius 1 is 0.818 bits per heavy atom. The van der Waals surface area contributed by atoms with Gasteiger partial charge in [-0.1, -0.05) is 38.1 Å². The molecule has 64 valence electrons. The molecular weight excluding hydrogens is 139 g/mol. The largest absolute Gasteiger partial charge is 0.269 e. The quantitative estimate of drug-likeness (QED) is 0.539. The lowest BCUT2D eigenvalue weighted by Gasteiger charge is -1.93. The zero-order chi connectivity index (χ0) is 7.98. The van der Waals surface area contributed by atoms with Gasteiger partial charge in [0.05, 0.1) is 0 Å². The Hall–Kier alpha value is -0.850. The third-order valence-electron chi connectivity index (χ3n) is 1.43. The highest BCUT2D eigenvalue weighted by atomic mass is 19.0. The van der Waals surface area contributed by atoms with Gasteiger partial charge in [0.15, 0.2) is 0 Å². The van der Waals surface area contributed by atoms with Gasteiger partial charge in [0.1, 0.15) is 0 Å². The first-order valence-corrected chi connectivity index (χ1v) is 3.83. The van der Waals surface area contributed by atoms with Gasteiger partial charge < -0.3 is 0 Å². The van der Waals surface area contributed by atoms with E-state index in [1.165, 1.54) is 11.1 Å². The minimum atomic E-state index is 0. The predicted octanol–water partition coefficient (Wildman–Crippen LogP) is 3.48. The average molecular weight is 156 g/mol. The number of hydrogen-bond donors (Lipinski definition) is 0. The summed E-state index contributed by atoms with van der Waals surface area (Å²) in [6, 6.07) is 8.36. The highest BCUT2D eigenvalue weighted by molar-refractivity contribution is 5.23. The molecule has 0 aliphatic heterocycles. The molecule has 0 bridgehead atoms. The second-order valence-corrected chi connectivity index (χ2v) is 2.08. The van der Waals surface area contributed by atoms with Crippen LogP contribution in [0, 0.1) is 13.8 Å². The molecule has 0 spiro atoms. The normalized spacial score (nSPS) is 7.27. The Morgan fingerprint density at radius 2 is 1.09 bits per heavy atom. The molecule has 0 aromatic heterocycles. The molecule has 0 N–H and O–H groups in total. The fourth-order valence-corrected chi connectivity index (χ4v) is 0.663. The third-order valence-corrected chi connectivity index (χ3v) is 1.43. The Balaban J connectivity index is 0. The van der Waals surface area contributed by atoms with Crippen LogP contribution in [0.1, 0.15) is 25.0 Å². The molecule has 0 amide bonds. The minimum Gasteiger partial charge on any atom is -0.269 e. The topological polar surface area (TPSA) is 0 Å². The van der Waals surface area contributed by atoms with Crippen LogP contribution < -0.4 is 0 Å². The highest BCUT2D eigenvalue weighted by Gasteiger charge is 1.83. The van der Waals surface area contributed by atoms with Crippen molar-refractivity contribution in [3.8, 4) is 0 Å². The molecule has 0 aliphatic carbocycles. The molecule has 1 heteroatoms. The summed E-state index contributed by atoms with van der Waals surface area (Å²) in [6.45, 7) is 8.24. The van der Waals surface area contributed by atoms with Crippen molar-refractivity contribution in [1.82, 2.24) is 0 Å². The standard InChI is InChI=1S/C8H10.C2H6.FH/c1-7-5-3-4-6-8(7)2;1-2;/h3-6H,1-2H3;1-2H3;1H. The van der Waals surface area contributed by atoms with E-state index in [4.69, 9.17) is 0 Å². The average Bonchev–Trinajstić information content (AvgIpc) is 2.00. The Morgan fingerprint density at radius 3 is 1.27 bits per heavy atom. The van der Waals surface area contributed by atoms with Crippen molar-refractivity contribution in [1.29, 1.82) is 0 Å². The lowest BCUT2D eigenvalue weighted by molar-refractivity contribution is 1.11. The monoisotopic (exact) mass is 156 g/mol. The first kappa shape index (κ1) is 12.8. The molecule has 0 nitrogen and oxygen atoms in total. The fourth-order valence-electron chi connectivity index (χ4n) is 0.663. The summed E-state index contributed by atoms with van der Waals surface area (Å²) in [5, 5.41) is 0. The molecule has 0 heterocycles. The lowest BCUT2D eigenvalue weighted by atomic mass is 10.1. The number of hydrogen-bond acceptors (Lipinski definition) is 0. The van der Waals surface area contributed by atoms with E-state index in [0.717, 1.165) is 0 Å². The van der Waals surface area contributed by atoms with Crippen LogP contribution in [0.5, 0.6) is 0 Å². The molecule has 11 heavy (non-hydrogen) atoms. The van der Waals surface area contributed by atoms with Gasteiger partial charge >= 0.3 is 0 Å². The highest BCUT2D eigenvalue weighted by Crippen LogP contribution is 2.02. The van der Waals surface area contributed by atoms with E-state index in [1.54, 1.807) is 0 Å². The van der Waals surface area contributed by atoms with Gasteiger partial charge in [-0.05, 0) is 25.0 Å². The molecule has 0 fully saturated rings. The van der Waals surface area contributed by atoms with Gasteiger partial charge in [0.25, 0.3) is 0 Å². The lowest BCUT2D eigenvalue weighted by Crippen LogP contribution is -1.74. The third kappa shape index (κ3) is 4.54. The maximum Gasteiger partial charge on any atom is -0.0395 e. The molecule has 0 atom stereocenters. The van der Waals surface area contributed by atoms with E-state index in [9.17, 15) is 0 Å². The molecule has 0 unspecified atom stereocenters. The van der Waals surface area contributed by atoms with Gasteiger partial charge in [0, 0.05) is 0 Å². The van der Waals surface area contributed by atoms with E-state index in [2.05, 4.69) is 38.1 Å². The predicted molar refractivity (Wildman–Crippen MR) is 49.8 cm³/mol. The van der Waals surface area contributed by atoms with E-state index in [1.807, 2.05) is 13.8 Å². The van der Waals surface area contributed by atoms with Gasteiger partial charge in [-0.15, -0.1) is 0 Å². The Kier molecular flexibility index (Phi) is 8.44. The van der Waals surface area contributed by atoms with Gasteiger partial charge in [-0.2, -0.15) is 0 Å². The molecule has 1 aromatic rings. The Labute approximate surface area is 68.6 Å². The summed E-state index contributed by atoms with van der Waals surface area (Å²) in [7, 11) is 0. The molecule has 0 saturated heterocycles. The fraction of sp³-hybridized carbons (Fsp3) is 0.400. The van der Waals surface area contributed by atoms with E-state index < -0.39 is 0 Å². The first-order chi connectivity index (χ1) is 4.80. The van der Waals surface area contributed by atoms with Crippen LogP contribution >= 0.6 is 0 Å². The van der Waals surface area contributed by atoms with Crippen molar-refractivity contribution >= 4 is 0 Å². The summed E-state index contributed by atoms with van der Waals surface area (Å²) < 4.78 is 0. The van der Waals surface area contributed by atoms with Crippen molar-refractivity contribution < 1.29 is 4.70 Å². The van der Waals surface area contributed by atoms with Crippen molar-refractivity contribution in [2.24, 2.45) is 0 Å². The molecular formula is C10H17F. The molecule has 0 aliphatic rings.